The number of rotatable bonds is 4. The molecule has 27 heavy (non-hydrogen) atoms. The number of nitrogens with two attached hydrogens (primary N) is 1. The van der Waals surface area contributed by atoms with Gasteiger partial charge >= 0.3 is 0 Å². The third-order valence-electron chi connectivity index (χ3n) is 5.52. The second-order valence-corrected chi connectivity index (χ2v) is 8.24. The summed E-state index contributed by atoms with van der Waals surface area (Å²) >= 11 is 1.31. The minimum Gasteiger partial charge on any atom is -0.397 e. The van der Waals surface area contributed by atoms with Gasteiger partial charge in [0.05, 0.1) is 24.0 Å². The Morgan fingerprint density at radius 1 is 1.26 bits per heavy atom. The highest BCUT2D eigenvalue weighted by molar-refractivity contribution is 7.21. The highest BCUT2D eigenvalue weighted by Gasteiger charge is 2.32. The molecule has 4 rings (SSSR count). The van der Waals surface area contributed by atoms with Crippen molar-refractivity contribution >= 4 is 39.1 Å². The van der Waals surface area contributed by atoms with Crippen LogP contribution in [0.25, 0.3) is 10.2 Å². The van der Waals surface area contributed by atoms with Gasteiger partial charge in [-0.3, -0.25) is 14.5 Å². The van der Waals surface area contributed by atoms with Crippen LogP contribution in [0.5, 0.6) is 0 Å². The topological polar surface area (TPSA) is 91.6 Å². The molecule has 144 valence electrons. The maximum absolute atomic E-state index is 12.8. The zero-order chi connectivity index (χ0) is 19.0. The van der Waals surface area contributed by atoms with E-state index in [2.05, 4.69) is 10.2 Å². The van der Waals surface area contributed by atoms with Gasteiger partial charge in [0, 0.05) is 19.0 Å². The Hall–Kier alpha value is -2.19. The van der Waals surface area contributed by atoms with E-state index in [-0.39, 0.29) is 17.9 Å². The summed E-state index contributed by atoms with van der Waals surface area (Å²) in [5.41, 5.74) is 7.49. The summed E-state index contributed by atoms with van der Waals surface area (Å²) in [5.74, 6) is -0.00151. The molecule has 0 radical (unpaired) electrons. The molecule has 4 heterocycles. The summed E-state index contributed by atoms with van der Waals surface area (Å²) in [6.45, 7) is 3.33. The second-order valence-electron chi connectivity index (χ2n) is 7.24. The molecule has 0 spiro atoms. The van der Waals surface area contributed by atoms with Gasteiger partial charge in [-0.2, -0.15) is 0 Å². The van der Waals surface area contributed by atoms with Crippen molar-refractivity contribution in [1.82, 2.24) is 20.1 Å². The molecule has 0 bridgehead atoms. The van der Waals surface area contributed by atoms with Gasteiger partial charge < -0.3 is 16.0 Å². The molecule has 1 atom stereocenters. The molecule has 2 saturated heterocycles. The van der Waals surface area contributed by atoms with Gasteiger partial charge in [-0.15, -0.1) is 11.3 Å². The van der Waals surface area contributed by atoms with Crippen molar-refractivity contribution in [1.29, 1.82) is 0 Å². The predicted octanol–water partition coefficient (Wildman–Crippen LogP) is 2.00. The third-order valence-corrected chi connectivity index (χ3v) is 6.63. The number of hydrogen-bond donors (Lipinski definition) is 2. The highest BCUT2D eigenvalue weighted by atomic mass is 32.1. The van der Waals surface area contributed by atoms with Crippen LogP contribution in [0.2, 0.25) is 0 Å². The molecule has 2 aromatic rings. The quantitative estimate of drug-likeness (QED) is 0.837. The normalized spacial score (nSPS) is 20.5. The van der Waals surface area contributed by atoms with E-state index in [1.165, 1.54) is 24.2 Å². The number of hydrogen-bond acceptors (Lipinski definition) is 6. The number of likely N-dealkylation sites (tertiary alicyclic amines) is 2. The molecular formula is C19H25N5O2S. The van der Waals surface area contributed by atoms with Crippen LogP contribution in [0.4, 0.5) is 5.69 Å². The van der Waals surface area contributed by atoms with Crippen molar-refractivity contribution in [2.24, 2.45) is 0 Å². The molecule has 0 aliphatic carbocycles. The summed E-state index contributed by atoms with van der Waals surface area (Å²) in [4.78, 5) is 35.0. The van der Waals surface area contributed by atoms with Crippen molar-refractivity contribution in [2.45, 2.75) is 31.7 Å². The van der Waals surface area contributed by atoms with Crippen LogP contribution in [0.3, 0.4) is 0 Å². The number of nitrogens with one attached hydrogen (secondary N) is 1. The first-order valence-corrected chi connectivity index (χ1v) is 10.3. The van der Waals surface area contributed by atoms with Gasteiger partial charge in [0.1, 0.15) is 9.71 Å². The van der Waals surface area contributed by atoms with E-state index in [1.54, 1.807) is 7.05 Å². The average molecular weight is 388 g/mol. The lowest BCUT2D eigenvalue weighted by molar-refractivity contribution is -0.133. The van der Waals surface area contributed by atoms with Gasteiger partial charge in [0.2, 0.25) is 5.91 Å². The fraction of sp³-hybridized carbons (Fsp3) is 0.526. The Labute approximate surface area is 162 Å². The van der Waals surface area contributed by atoms with Crippen LogP contribution in [0.15, 0.2) is 12.1 Å². The van der Waals surface area contributed by atoms with E-state index < -0.39 is 0 Å². The van der Waals surface area contributed by atoms with Gasteiger partial charge in [-0.05, 0) is 50.9 Å². The first kappa shape index (κ1) is 18.2. The lowest BCUT2D eigenvalue weighted by atomic mass is 10.1. The van der Waals surface area contributed by atoms with Crippen molar-refractivity contribution in [2.75, 3.05) is 39.0 Å². The summed E-state index contributed by atoms with van der Waals surface area (Å²) in [5, 5.41) is 3.42. The van der Waals surface area contributed by atoms with E-state index in [0.717, 1.165) is 48.4 Å². The van der Waals surface area contributed by atoms with E-state index in [4.69, 9.17) is 10.7 Å². The zero-order valence-corrected chi connectivity index (χ0v) is 16.3. The maximum Gasteiger partial charge on any atom is 0.263 e. The molecule has 2 aromatic heterocycles. The number of pyridine rings is 1. The first-order valence-electron chi connectivity index (χ1n) is 9.51. The molecule has 2 aliphatic heterocycles. The van der Waals surface area contributed by atoms with Crippen molar-refractivity contribution in [3.63, 3.8) is 0 Å². The minimum absolute atomic E-state index is 0.0104. The molecule has 2 fully saturated rings. The van der Waals surface area contributed by atoms with Crippen molar-refractivity contribution in [3.8, 4) is 0 Å². The van der Waals surface area contributed by atoms with E-state index in [0.29, 0.717) is 17.1 Å². The monoisotopic (exact) mass is 387 g/mol. The van der Waals surface area contributed by atoms with Crippen LogP contribution < -0.4 is 11.1 Å². The standard InChI is InChI=1S/C19H25N5O2S/c1-21-18(26)17-16(20)12-6-7-13(22-19(12)27-17)14-5-4-10-24(14)15(25)11-23-8-2-3-9-23/h6-7,14H,2-5,8-11,20H2,1H3,(H,21,26). The fourth-order valence-corrected chi connectivity index (χ4v) is 5.12. The fourth-order valence-electron chi connectivity index (χ4n) is 4.07. The number of fused-ring (bicyclic) bond motifs is 1. The van der Waals surface area contributed by atoms with E-state index in [1.807, 2.05) is 17.0 Å². The summed E-state index contributed by atoms with van der Waals surface area (Å²) in [7, 11) is 1.59. The second kappa shape index (κ2) is 7.44. The number of nitrogen functional groups attached to an aromatic ring is 1. The lowest BCUT2D eigenvalue weighted by Crippen LogP contribution is -2.39. The molecule has 8 heteroatoms. The van der Waals surface area contributed by atoms with Gasteiger partial charge in [0.25, 0.3) is 5.91 Å². The Morgan fingerprint density at radius 2 is 2.04 bits per heavy atom. The number of thiophene rings is 1. The highest BCUT2D eigenvalue weighted by Crippen LogP contribution is 2.36. The summed E-state index contributed by atoms with van der Waals surface area (Å²) in [6.07, 6.45) is 4.28. The average Bonchev–Trinajstić information content (AvgIpc) is 3.41. The van der Waals surface area contributed by atoms with Gasteiger partial charge in [-0.25, -0.2) is 4.98 Å². The molecule has 3 N–H and O–H groups in total. The summed E-state index contributed by atoms with van der Waals surface area (Å²) < 4.78 is 0. The van der Waals surface area contributed by atoms with Crippen LogP contribution in [-0.2, 0) is 4.79 Å². The number of amides is 2. The molecule has 2 aliphatic rings. The number of anilines is 1. The molecule has 2 amide bonds. The van der Waals surface area contributed by atoms with Gasteiger partial charge in [0.15, 0.2) is 0 Å². The Kier molecular flexibility index (Phi) is 5.01. The Bertz CT molecular complexity index is 874. The zero-order valence-electron chi connectivity index (χ0n) is 15.5. The summed E-state index contributed by atoms with van der Waals surface area (Å²) in [6, 6.07) is 3.89. The van der Waals surface area contributed by atoms with E-state index >= 15 is 0 Å². The first-order chi connectivity index (χ1) is 13.1. The van der Waals surface area contributed by atoms with Crippen molar-refractivity contribution < 1.29 is 9.59 Å². The van der Waals surface area contributed by atoms with Crippen LogP contribution >= 0.6 is 11.3 Å². The van der Waals surface area contributed by atoms with Crippen LogP contribution in [0, 0.1) is 0 Å². The smallest absolute Gasteiger partial charge is 0.263 e. The van der Waals surface area contributed by atoms with Gasteiger partial charge in [-0.1, -0.05) is 0 Å². The predicted molar refractivity (Wildman–Crippen MR) is 107 cm³/mol. The maximum atomic E-state index is 12.8. The third kappa shape index (κ3) is 3.39. The molecular weight excluding hydrogens is 362 g/mol. The van der Waals surface area contributed by atoms with E-state index in [9.17, 15) is 9.59 Å². The number of carbonyl (C=O) groups is 2. The number of nitrogens with zero attached hydrogens (tertiary/aromatic N) is 3. The molecule has 1 unspecified atom stereocenters. The lowest BCUT2D eigenvalue weighted by Gasteiger charge is -2.26. The largest absolute Gasteiger partial charge is 0.397 e. The van der Waals surface area contributed by atoms with Crippen molar-refractivity contribution in [3.05, 3.63) is 22.7 Å². The minimum atomic E-state index is -0.194. The molecule has 0 saturated carbocycles. The number of aromatic nitrogens is 1. The molecule has 0 aromatic carbocycles. The number of carbonyl (C=O) groups excluding carboxylic acids is 2. The van der Waals surface area contributed by atoms with Crippen LogP contribution in [0.1, 0.15) is 47.1 Å². The Balaban J connectivity index is 1.58. The SMILES string of the molecule is CNC(=O)c1sc2nc(C3CCCN3C(=O)CN3CCCC3)ccc2c1N. The molecule has 7 nitrogen and oxygen atoms in total. The van der Waals surface area contributed by atoms with Crippen LogP contribution in [-0.4, -0.2) is 59.8 Å². The Morgan fingerprint density at radius 3 is 2.78 bits per heavy atom.